The predicted octanol–water partition coefficient (Wildman–Crippen LogP) is 5.22. The summed E-state index contributed by atoms with van der Waals surface area (Å²) in [4.78, 5) is 0. The molecule has 0 nitrogen and oxygen atoms in total. The normalized spacial score (nSPS) is 15.3. The monoisotopic (exact) mass is 208 g/mol. The highest BCUT2D eigenvalue weighted by molar-refractivity contribution is 5.30. The van der Waals surface area contributed by atoms with Gasteiger partial charge in [-0.3, -0.25) is 0 Å². The van der Waals surface area contributed by atoms with E-state index in [2.05, 4.69) is 61.5 Å². The molecular formula is C15H28. The van der Waals surface area contributed by atoms with Crippen LogP contribution in [0.25, 0.3) is 0 Å². The lowest BCUT2D eigenvalue weighted by atomic mass is 9.89. The smallest absolute Gasteiger partial charge is 0.0219 e. The molecule has 88 valence electrons. The number of rotatable bonds is 4. The second kappa shape index (κ2) is 6.15. The molecule has 0 unspecified atom stereocenters. The van der Waals surface area contributed by atoms with Gasteiger partial charge in [0, 0.05) is 0 Å². The van der Waals surface area contributed by atoms with Crippen LogP contribution in [0.2, 0.25) is 0 Å². The van der Waals surface area contributed by atoms with Crippen LogP contribution in [-0.4, -0.2) is 0 Å². The molecule has 0 fully saturated rings. The molecule has 0 radical (unpaired) electrons. The molecule has 0 aliphatic heterocycles. The SMILES string of the molecule is C/C(=C\C(=C(/C)C(C)C)C(C)C)C(C)C. The van der Waals surface area contributed by atoms with Crippen molar-refractivity contribution in [1.29, 1.82) is 0 Å². The molecule has 15 heavy (non-hydrogen) atoms. The topological polar surface area (TPSA) is 0 Å². The second-order valence-corrected chi connectivity index (χ2v) is 5.49. The van der Waals surface area contributed by atoms with Gasteiger partial charge in [0.2, 0.25) is 0 Å². The summed E-state index contributed by atoms with van der Waals surface area (Å²) in [6, 6.07) is 0. The maximum atomic E-state index is 2.39. The van der Waals surface area contributed by atoms with E-state index in [0.29, 0.717) is 17.8 Å². The van der Waals surface area contributed by atoms with Gasteiger partial charge in [-0.15, -0.1) is 0 Å². The van der Waals surface area contributed by atoms with Gasteiger partial charge in [0.1, 0.15) is 0 Å². The van der Waals surface area contributed by atoms with E-state index in [1.807, 2.05) is 0 Å². The quantitative estimate of drug-likeness (QED) is 0.556. The minimum atomic E-state index is 0.626. The Morgan fingerprint density at radius 1 is 0.733 bits per heavy atom. The molecule has 0 amide bonds. The zero-order valence-electron chi connectivity index (χ0n) is 11.8. The Balaban J connectivity index is 5.18. The van der Waals surface area contributed by atoms with E-state index in [1.165, 1.54) is 16.7 Å². The Bertz CT molecular complexity index is 249. The number of hydrogen-bond acceptors (Lipinski definition) is 0. The van der Waals surface area contributed by atoms with Crippen molar-refractivity contribution in [3.05, 3.63) is 22.8 Å². The van der Waals surface area contributed by atoms with E-state index in [4.69, 9.17) is 0 Å². The Morgan fingerprint density at radius 2 is 1.20 bits per heavy atom. The van der Waals surface area contributed by atoms with E-state index in [0.717, 1.165) is 0 Å². The van der Waals surface area contributed by atoms with Crippen molar-refractivity contribution < 1.29 is 0 Å². The fourth-order valence-corrected chi connectivity index (χ4v) is 1.48. The summed E-state index contributed by atoms with van der Waals surface area (Å²) in [6.45, 7) is 18.1. The van der Waals surface area contributed by atoms with Crippen molar-refractivity contribution in [2.75, 3.05) is 0 Å². The highest BCUT2D eigenvalue weighted by atomic mass is 14.1. The van der Waals surface area contributed by atoms with Gasteiger partial charge in [-0.25, -0.2) is 0 Å². The molecule has 0 saturated heterocycles. The Morgan fingerprint density at radius 3 is 1.47 bits per heavy atom. The van der Waals surface area contributed by atoms with Gasteiger partial charge in [-0.05, 0) is 37.2 Å². The first-order valence-electron chi connectivity index (χ1n) is 6.16. The van der Waals surface area contributed by atoms with E-state index < -0.39 is 0 Å². The second-order valence-electron chi connectivity index (χ2n) is 5.49. The van der Waals surface area contributed by atoms with Gasteiger partial charge < -0.3 is 0 Å². The fourth-order valence-electron chi connectivity index (χ4n) is 1.48. The van der Waals surface area contributed by atoms with Crippen molar-refractivity contribution in [3.8, 4) is 0 Å². The van der Waals surface area contributed by atoms with E-state index in [9.17, 15) is 0 Å². The summed E-state index contributed by atoms with van der Waals surface area (Å²) in [5.41, 5.74) is 4.54. The van der Waals surface area contributed by atoms with E-state index in [-0.39, 0.29) is 0 Å². The predicted molar refractivity (Wildman–Crippen MR) is 71.0 cm³/mol. The molecule has 0 aliphatic rings. The molecule has 0 aromatic heterocycles. The lowest BCUT2D eigenvalue weighted by Crippen LogP contribution is -2.02. The molecule has 0 spiro atoms. The molecule has 0 aromatic rings. The Kier molecular flexibility index (Phi) is 5.93. The van der Waals surface area contributed by atoms with Gasteiger partial charge in [-0.2, -0.15) is 0 Å². The highest BCUT2D eigenvalue weighted by Crippen LogP contribution is 2.24. The maximum Gasteiger partial charge on any atom is -0.0219 e. The largest absolute Gasteiger partial charge is 0.0705 e. The van der Waals surface area contributed by atoms with Crippen molar-refractivity contribution in [2.45, 2.75) is 55.4 Å². The van der Waals surface area contributed by atoms with Crippen molar-refractivity contribution in [1.82, 2.24) is 0 Å². The summed E-state index contributed by atoms with van der Waals surface area (Å²) < 4.78 is 0. The first-order chi connectivity index (χ1) is 6.77. The van der Waals surface area contributed by atoms with Crippen molar-refractivity contribution in [3.63, 3.8) is 0 Å². The van der Waals surface area contributed by atoms with Crippen LogP contribution in [0.1, 0.15) is 55.4 Å². The summed E-state index contributed by atoms with van der Waals surface area (Å²) in [6.07, 6.45) is 2.39. The Labute approximate surface area is 96.5 Å². The third-order valence-electron chi connectivity index (χ3n) is 3.24. The van der Waals surface area contributed by atoms with Crippen molar-refractivity contribution >= 4 is 0 Å². The van der Waals surface area contributed by atoms with Gasteiger partial charge in [0.15, 0.2) is 0 Å². The molecule has 0 heteroatoms. The third kappa shape index (κ3) is 4.68. The standard InChI is InChI=1S/C15H28/c1-10(2)13(7)9-15(12(5)6)14(8)11(3)4/h9-12H,1-8H3/b13-9+,15-14-. The molecular weight excluding hydrogens is 180 g/mol. The van der Waals surface area contributed by atoms with Crippen LogP contribution in [0.3, 0.4) is 0 Å². The fraction of sp³-hybridized carbons (Fsp3) is 0.733. The first kappa shape index (κ1) is 14.5. The molecule has 0 N–H and O–H groups in total. The van der Waals surface area contributed by atoms with Gasteiger partial charge in [-0.1, -0.05) is 58.8 Å². The highest BCUT2D eigenvalue weighted by Gasteiger charge is 2.09. The molecule has 0 heterocycles. The van der Waals surface area contributed by atoms with Crippen LogP contribution in [0.5, 0.6) is 0 Å². The lowest BCUT2D eigenvalue weighted by Gasteiger charge is -2.17. The molecule has 0 aromatic carbocycles. The average Bonchev–Trinajstić information content (AvgIpc) is 2.11. The first-order valence-corrected chi connectivity index (χ1v) is 6.16. The van der Waals surface area contributed by atoms with Gasteiger partial charge >= 0.3 is 0 Å². The number of allylic oxidation sites excluding steroid dienone is 4. The summed E-state index contributed by atoms with van der Waals surface area (Å²) in [5.74, 6) is 1.93. The van der Waals surface area contributed by atoms with Crippen LogP contribution in [0, 0.1) is 17.8 Å². The average molecular weight is 208 g/mol. The van der Waals surface area contributed by atoms with E-state index in [1.54, 1.807) is 0 Å². The summed E-state index contributed by atoms with van der Waals surface area (Å²) in [7, 11) is 0. The maximum absolute atomic E-state index is 2.39. The summed E-state index contributed by atoms with van der Waals surface area (Å²) >= 11 is 0. The molecule has 0 rings (SSSR count). The van der Waals surface area contributed by atoms with Crippen LogP contribution >= 0.6 is 0 Å². The van der Waals surface area contributed by atoms with Crippen molar-refractivity contribution in [2.24, 2.45) is 17.8 Å². The molecule has 0 bridgehead atoms. The molecule has 0 aliphatic carbocycles. The van der Waals surface area contributed by atoms with E-state index >= 15 is 0 Å². The van der Waals surface area contributed by atoms with Crippen LogP contribution < -0.4 is 0 Å². The van der Waals surface area contributed by atoms with Gasteiger partial charge in [0.25, 0.3) is 0 Å². The Hall–Kier alpha value is -0.520. The molecule has 0 atom stereocenters. The zero-order valence-corrected chi connectivity index (χ0v) is 11.8. The zero-order chi connectivity index (χ0) is 12.2. The summed E-state index contributed by atoms with van der Waals surface area (Å²) in [5, 5.41) is 0. The van der Waals surface area contributed by atoms with Gasteiger partial charge in [0.05, 0.1) is 0 Å². The minimum absolute atomic E-state index is 0.626. The van der Waals surface area contributed by atoms with Crippen LogP contribution in [0.4, 0.5) is 0 Å². The minimum Gasteiger partial charge on any atom is -0.0705 e. The van der Waals surface area contributed by atoms with Crippen LogP contribution in [0.15, 0.2) is 22.8 Å². The lowest BCUT2D eigenvalue weighted by molar-refractivity contribution is 0.698. The molecule has 0 saturated carbocycles. The number of hydrogen-bond donors (Lipinski definition) is 0. The third-order valence-corrected chi connectivity index (χ3v) is 3.24. The van der Waals surface area contributed by atoms with Crippen LogP contribution in [-0.2, 0) is 0 Å².